The Labute approximate surface area is 106 Å². The number of hydrogen-bond acceptors (Lipinski definition) is 3. The molecule has 0 bridgehead atoms. The Bertz CT molecular complexity index is 382. The second-order valence-electron chi connectivity index (χ2n) is 3.46. The molecule has 0 saturated carbocycles. The number of anilines is 1. The van der Waals surface area contributed by atoms with Crippen LogP contribution < -0.4 is 10.1 Å². The number of benzene rings is 1. The zero-order valence-electron chi connectivity index (χ0n) is 9.96. The van der Waals surface area contributed by atoms with Crippen molar-refractivity contribution in [1.82, 2.24) is 0 Å². The molecule has 0 atom stereocenters. The summed E-state index contributed by atoms with van der Waals surface area (Å²) in [5.41, 5.74) is 0.581. The molecule has 0 aliphatic heterocycles. The molecule has 0 fully saturated rings. The van der Waals surface area contributed by atoms with Gasteiger partial charge in [0.2, 0.25) is 0 Å². The van der Waals surface area contributed by atoms with Crippen LogP contribution in [0.1, 0.15) is 19.8 Å². The van der Waals surface area contributed by atoms with Crippen LogP contribution in [0.3, 0.4) is 0 Å². The van der Waals surface area contributed by atoms with Gasteiger partial charge in [0, 0.05) is 5.69 Å². The third kappa shape index (κ3) is 4.53. The van der Waals surface area contributed by atoms with Gasteiger partial charge in [0.25, 0.3) is 0 Å². The molecule has 0 radical (unpaired) electrons. The van der Waals surface area contributed by atoms with Gasteiger partial charge >= 0.3 is 6.09 Å². The fourth-order valence-electron chi connectivity index (χ4n) is 1.21. The summed E-state index contributed by atoms with van der Waals surface area (Å²) in [5, 5.41) is 3.04. The van der Waals surface area contributed by atoms with Crippen molar-refractivity contribution in [3.05, 3.63) is 23.2 Å². The van der Waals surface area contributed by atoms with E-state index in [1.165, 1.54) is 7.11 Å². The van der Waals surface area contributed by atoms with Gasteiger partial charge in [-0.25, -0.2) is 4.79 Å². The molecule has 1 rings (SSSR count). The summed E-state index contributed by atoms with van der Waals surface area (Å²) in [6.07, 6.45) is 1.37. The Kier molecular flexibility index (Phi) is 5.63. The predicted octanol–water partition coefficient (Wildman–Crippen LogP) is 3.70. The van der Waals surface area contributed by atoms with Crippen LogP contribution in [0.2, 0.25) is 5.02 Å². The van der Waals surface area contributed by atoms with Crippen LogP contribution in [0.25, 0.3) is 0 Å². The highest BCUT2D eigenvalue weighted by Crippen LogP contribution is 2.27. The molecule has 94 valence electrons. The summed E-state index contributed by atoms with van der Waals surface area (Å²) < 4.78 is 9.97. The molecule has 1 N–H and O–H groups in total. The normalized spacial score (nSPS) is 9.82. The average molecular weight is 258 g/mol. The van der Waals surface area contributed by atoms with Crippen molar-refractivity contribution < 1.29 is 14.3 Å². The molecular formula is C12H16ClNO3. The van der Waals surface area contributed by atoms with Crippen LogP contribution in [0.5, 0.6) is 5.75 Å². The van der Waals surface area contributed by atoms with E-state index in [9.17, 15) is 4.79 Å². The monoisotopic (exact) mass is 257 g/mol. The Morgan fingerprint density at radius 1 is 1.47 bits per heavy atom. The van der Waals surface area contributed by atoms with Crippen molar-refractivity contribution in [3.63, 3.8) is 0 Å². The number of nitrogens with one attached hydrogen (secondary N) is 1. The molecule has 0 spiro atoms. The zero-order chi connectivity index (χ0) is 12.7. The summed E-state index contributed by atoms with van der Waals surface area (Å²) in [6.45, 7) is 2.46. The average Bonchev–Trinajstić information content (AvgIpc) is 2.29. The summed E-state index contributed by atoms with van der Waals surface area (Å²) in [7, 11) is 1.54. The van der Waals surface area contributed by atoms with E-state index in [0.29, 0.717) is 23.1 Å². The van der Waals surface area contributed by atoms with Gasteiger partial charge in [-0.1, -0.05) is 24.9 Å². The van der Waals surface area contributed by atoms with Crippen LogP contribution in [0.4, 0.5) is 10.5 Å². The van der Waals surface area contributed by atoms with Gasteiger partial charge in [-0.3, -0.25) is 5.32 Å². The third-order valence-corrected chi connectivity index (χ3v) is 2.42. The molecular weight excluding hydrogens is 242 g/mol. The number of ether oxygens (including phenoxy) is 2. The van der Waals surface area contributed by atoms with Crippen LogP contribution in [-0.4, -0.2) is 19.8 Å². The number of hydrogen-bond donors (Lipinski definition) is 1. The standard InChI is InChI=1S/C12H16ClNO3/c1-3-4-7-17-12(15)14-9-5-6-11(16-2)10(13)8-9/h5-6,8H,3-4,7H2,1-2H3,(H,14,15). The zero-order valence-corrected chi connectivity index (χ0v) is 10.7. The minimum Gasteiger partial charge on any atom is -0.495 e. The molecule has 0 aliphatic carbocycles. The molecule has 1 aromatic carbocycles. The Morgan fingerprint density at radius 2 is 2.24 bits per heavy atom. The topological polar surface area (TPSA) is 47.6 Å². The van der Waals surface area contributed by atoms with Gasteiger partial charge in [-0.15, -0.1) is 0 Å². The number of unbranched alkanes of at least 4 members (excludes halogenated alkanes) is 1. The summed E-state index contributed by atoms with van der Waals surface area (Å²) in [4.78, 5) is 11.3. The predicted molar refractivity (Wildman–Crippen MR) is 67.9 cm³/mol. The number of rotatable bonds is 5. The first kappa shape index (κ1) is 13.6. The first-order valence-electron chi connectivity index (χ1n) is 5.44. The molecule has 0 saturated heterocycles. The number of amides is 1. The lowest BCUT2D eigenvalue weighted by atomic mass is 10.3. The van der Waals surface area contributed by atoms with Gasteiger partial charge in [0.05, 0.1) is 18.7 Å². The molecule has 0 aromatic heterocycles. The molecule has 0 aliphatic rings. The summed E-state index contributed by atoms with van der Waals surface area (Å²) in [6, 6.07) is 5.00. The van der Waals surface area contributed by atoms with Crippen LogP contribution >= 0.6 is 11.6 Å². The molecule has 1 amide bonds. The molecule has 5 heteroatoms. The maximum Gasteiger partial charge on any atom is 0.411 e. The quantitative estimate of drug-likeness (QED) is 0.819. The van der Waals surface area contributed by atoms with E-state index in [2.05, 4.69) is 5.32 Å². The molecule has 0 heterocycles. The highest BCUT2D eigenvalue weighted by Gasteiger charge is 2.05. The second-order valence-corrected chi connectivity index (χ2v) is 3.87. The van der Waals surface area contributed by atoms with Gasteiger partial charge in [0.1, 0.15) is 5.75 Å². The lowest BCUT2D eigenvalue weighted by Gasteiger charge is -2.08. The Balaban J connectivity index is 2.51. The van der Waals surface area contributed by atoms with Gasteiger partial charge < -0.3 is 9.47 Å². The molecule has 4 nitrogen and oxygen atoms in total. The Hall–Kier alpha value is -1.42. The maximum atomic E-state index is 11.3. The fourth-order valence-corrected chi connectivity index (χ4v) is 1.46. The maximum absolute atomic E-state index is 11.3. The van der Waals surface area contributed by atoms with Crippen molar-refractivity contribution in [3.8, 4) is 5.75 Å². The van der Waals surface area contributed by atoms with Gasteiger partial charge in [-0.05, 0) is 24.6 Å². The van der Waals surface area contributed by atoms with Crippen molar-refractivity contribution in [2.24, 2.45) is 0 Å². The third-order valence-electron chi connectivity index (χ3n) is 2.13. The van der Waals surface area contributed by atoms with Gasteiger partial charge in [-0.2, -0.15) is 0 Å². The SMILES string of the molecule is CCCCOC(=O)Nc1ccc(OC)c(Cl)c1. The highest BCUT2D eigenvalue weighted by molar-refractivity contribution is 6.32. The first-order valence-corrected chi connectivity index (χ1v) is 5.82. The minimum atomic E-state index is -0.473. The largest absolute Gasteiger partial charge is 0.495 e. The van der Waals surface area contributed by atoms with Crippen molar-refractivity contribution in [2.75, 3.05) is 19.0 Å². The van der Waals surface area contributed by atoms with E-state index in [0.717, 1.165) is 12.8 Å². The van der Waals surface area contributed by atoms with E-state index in [1.54, 1.807) is 18.2 Å². The summed E-state index contributed by atoms with van der Waals surface area (Å²) >= 11 is 5.92. The van der Waals surface area contributed by atoms with Crippen LogP contribution in [-0.2, 0) is 4.74 Å². The lowest BCUT2D eigenvalue weighted by Crippen LogP contribution is -2.14. The molecule has 1 aromatic rings. The van der Waals surface area contributed by atoms with E-state index in [-0.39, 0.29) is 0 Å². The van der Waals surface area contributed by atoms with E-state index >= 15 is 0 Å². The van der Waals surface area contributed by atoms with Crippen molar-refractivity contribution in [1.29, 1.82) is 0 Å². The van der Waals surface area contributed by atoms with Crippen molar-refractivity contribution in [2.45, 2.75) is 19.8 Å². The second kappa shape index (κ2) is 7.01. The van der Waals surface area contributed by atoms with E-state index < -0.39 is 6.09 Å². The number of halogens is 1. The highest BCUT2D eigenvalue weighted by atomic mass is 35.5. The lowest BCUT2D eigenvalue weighted by molar-refractivity contribution is 0.160. The number of methoxy groups -OCH3 is 1. The number of carbonyl (C=O) groups is 1. The first-order chi connectivity index (χ1) is 8.17. The van der Waals surface area contributed by atoms with Crippen LogP contribution in [0.15, 0.2) is 18.2 Å². The van der Waals surface area contributed by atoms with Crippen LogP contribution in [0, 0.1) is 0 Å². The van der Waals surface area contributed by atoms with E-state index in [4.69, 9.17) is 21.1 Å². The molecule has 0 unspecified atom stereocenters. The number of carbonyl (C=O) groups excluding carboxylic acids is 1. The minimum absolute atomic E-state index is 0.423. The Morgan fingerprint density at radius 3 is 2.82 bits per heavy atom. The molecule has 17 heavy (non-hydrogen) atoms. The fraction of sp³-hybridized carbons (Fsp3) is 0.417. The van der Waals surface area contributed by atoms with Crippen molar-refractivity contribution >= 4 is 23.4 Å². The smallest absolute Gasteiger partial charge is 0.411 e. The summed E-state index contributed by atoms with van der Waals surface area (Å²) in [5.74, 6) is 0.566. The van der Waals surface area contributed by atoms with Gasteiger partial charge in [0.15, 0.2) is 0 Å². The van der Waals surface area contributed by atoms with E-state index in [1.807, 2.05) is 6.92 Å².